The summed E-state index contributed by atoms with van der Waals surface area (Å²) in [5.74, 6) is 0.682. The van der Waals surface area contributed by atoms with Crippen molar-refractivity contribution in [3.8, 4) is 0 Å². The second kappa shape index (κ2) is 10.8. The summed E-state index contributed by atoms with van der Waals surface area (Å²) in [6.45, 7) is 2.59. The third kappa shape index (κ3) is 5.97. The van der Waals surface area contributed by atoms with E-state index in [1.165, 1.54) is 27.1 Å². The fraction of sp³-hybridized carbons (Fsp3) is 0.593. The second-order valence-electron chi connectivity index (χ2n) is 11.1. The van der Waals surface area contributed by atoms with Crippen molar-refractivity contribution in [2.45, 2.75) is 57.4 Å². The van der Waals surface area contributed by atoms with Crippen LogP contribution in [0, 0.1) is 12.8 Å². The Labute approximate surface area is 230 Å². The van der Waals surface area contributed by atoms with Gasteiger partial charge in [0, 0.05) is 43.1 Å². The number of rotatable bonds is 5. The lowest BCUT2D eigenvalue weighted by Crippen LogP contribution is -2.50. The molecule has 5 rings (SSSR count). The number of aryl methyl sites for hydroxylation is 1. The largest absolute Gasteiger partial charge is 0.337 e. The van der Waals surface area contributed by atoms with Gasteiger partial charge in [-0.05, 0) is 61.9 Å². The summed E-state index contributed by atoms with van der Waals surface area (Å²) in [6.07, 6.45) is 7.83. The van der Waals surface area contributed by atoms with Gasteiger partial charge in [0.2, 0.25) is 10.0 Å². The number of piperidine rings is 1. The molecule has 0 radical (unpaired) electrons. The number of sulfonamides is 1. The molecule has 3 aliphatic heterocycles. The molecular formula is C27H36N4O6S2. The summed E-state index contributed by atoms with van der Waals surface area (Å²) in [6, 6.07) is 5.03. The molecule has 1 aromatic carbocycles. The van der Waals surface area contributed by atoms with Crippen LogP contribution in [0.4, 0.5) is 0 Å². The first-order valence-corrected chi connectivity index (χ1v) is 17.0. The minimum Gasteiger partial charge on any atom is -0.337 e. The average Bonchev–Trinajstić information content (AvgIpc) is 3.23. The van der Waals surface area contributed by atoms with Crippen molar-refractivity contribution >= 4 is 43.6 Å². The zero-order valence-electron chi connectivity index (χ0n) is 22.3. The Morgan fingerprint density at radius 2 is 1.74 bits per heavy atom. The van der Waals surface area contributed by atoms with E-state index in [0.29, 0.717) is 29.9 Å². The highest BCUT2D eigenvalue weighted by atomic mass is 32.2. The van der Waals surface area contributed by atoms with Crippen LogP contribution in [0.5, 0.6) is 0 Å². The van der Waals surface area contributed by atoms with Gasteiger partial charge < -0.3 is 10.2 Å². The molecule has 3 heterocycles. The van der Waals surface area contributed by atoms with Gasteiger partial charge in [0.1, 0.15) is 11.4 Å². The van der Waals surface area contributed by atoms with Crippen LogP contribution >= 0.6 is 0 Å². The summed E-state index contributed by atoms with van der Waals surface area (Å²) in [5.41, 5.74) is 0.986. The van der Waals surface area contributed by atoms with Crippen LogP contribution < -0.4 is 5.32 Å². The summed E-state index contributed by atoms with van der Waals surface area (Å²) in [4.78, 5) is 32.0. The quantitative estimate of drug-likeness (QED) is 0.571. The maximum absolute atomic E-state index is 13.1. The molecule has 1 aliphatic carbocycles. The monoisotopic (exact) mass is 576 g/mol. The SMILES string of the molecule is Cc1cc(C(=O)N2CCS(=O)(=O)CC2)ccc1C=CS(=O)(=O)N1CCC2(CC1)N=C(C1CCCCC1)NC2=O. The Morgan fingerprint density at radius 1 is 1.08 bits per heavy atom. The van der Waals surface area contributed by atoms with E-state index >= 15 is 0 Å². The van der Waals surface area contributed by atoms with Gasteiger partial charge in [-0.25, -0.2) is 16.8 Å². The zero-order valence-corrected chi connectivity index (χ0v) is 23.9. The number of hydrogen-bond donors (Lipinski definition) is 1. The van der Waals surface area contributed by atoms with E-state index in [1.54, 1.807) is 25.1 Å². The Kier molecular flexibility index (Phi) is 7.73. The summed E-state index contributed by atoms with van der Waals surface area (Å²) < 4.78 is 50.9. The molecule has 10 nitrogen and oxygen atoms in total. The maximum atomic E-state index is 13.1. The smallest absolute Gasteiger partial charge is 0.253 e. The van der Waals surface area contributed by atoms with Gasteiger partial charge >= 0.3 is 0 Å². The number of aliphatic imine (C=N–C) groups is 1. The third-order valence-electron chi connectivity index (χ3n) is 8.47. The highest BCUT2D eigenvalue weighted by Crippen LogP contribution is 2.35. The lowest BCUT2D eigenvalue weighted by molar-refractivity contribution is -0.125. The van der Waals surface area contributed by atoms with Gasteiger partial charge in [-0.1, -0.05) is 25.3 Å². The maximum Gasteiger partial charge on any atom is 0.253 e. The minimum absolute atomic E-state index is 0.0350. The molecule has 0 bridgehead atoms. The van der Waals surface area contributed by atoms with Crippen molar-refractivity contribution in [1.82, 2.24) is 14.5 Å². The van der Waals surface area contributed by atoms with Gasteiger partial charge in [0.25, 0.3) is 11.8 Å². The Morgan fingerprint density at radius 3 is 2.38 bits per heavy atom. The number of benzene rings is 1. The molecule has 2 amide bonds. The normalized spacial score (nSPS) is 24.2. The van der Waals surface area contributed by atoms with E-state index in [4.69, 9.17) is 4.99 Å². The molecule has 1 saturated carbocycles. The first kappa shape index (κ1) is 28.0. The van der Waals surface area contributed by atoms with E-state index in [0.717, 1.165) is 37.1 Å². The second-order valence-corrected chi connectivity index (χ2v) is 15.2. The van der Waals surface area contributed by atoms with Gasteiger partial charge in [-0.3, -0.25) is 14.6 Å². The van der Waals surface area contributed by atoms with E-state index in [-0.39, 0.29) is 49.5 Å². The molecule has 3 fully saturated rings. The Bertz CT molecular complexity index is 1410. The van der Waals surface area contributed by atoms with Gasteiger partial charge in [0.15, 0.2) is 9.84 Å². The Balaban J connectivity index is 1.21. The fourth-order valence-electron chi connectivity index (χ4n) is 5.90. The number of amides is 2. The van der Waals surface area contributed by atoms with E-state index in [9.17, 15) is 26.4 Å². The van der Waals surface area contributed by atoms with E-state index in [1.807, 2.05) is 0 Å². The van der Waals surface area contributed by atoms with Crippen molar-refractivity contribution in [1.29, 1.82) is 0 Å². The van der Waals surface area contributed by atoms with Crippen molar-refractivity contribution in [2.75, 3.05) is 37.7 Å². The van der Waals surface area contributed by atoms with Crippen LogP contribution in [0.2, 0.25) is 0 Å². The highest BCUT2D eigenvalue weighted by Gasteiger charge is 2.48. The molecule has 1 spiro atoms. The van der Waals surface area contributed by atoms with Crippen LogP contribution in [0.3, 0.4) is 0 Å². The minimum atomic E-state index is -3.71. The molecule has 12 heteroatoms. The standard InChI is InChI=1S/C27H36N4O6S2/c1-20-19-23(25(32)30-14-17-38(34,35)18-15-30)8-7-21(20)9-16-39(36,37)31-12-10-27(11-13-31)26(33)28-24(29-27)22-5-3-2-4-6-22/h7-9,16,19,22H,2-6,10-15,17-18H2,1H3,(H,28,29,33). The first-order chi connectivity index (χ1) is 18.5. The zero-order chi connectivity index (χ0) is 27.8. The van der Waals surface area contributed by atoms with Crippen LogP contribution in [-0.2, 0) is 24.7 Å². The highest BCUT2D eigenvalue weighted by molar-refractivity contribution is 7.92. The molecule has 0 unspecified atom stereocenters. The molecule has 2 saturated heterocycles. The molecule has 4 aliphatic rings. The van der Waals surface area contributed by atoms with Gasteiger partial charge in [0.05, 0.1) is 11.5 Å². The number of carbonyl (C=O) groups excluding carboxylic acids is 2. The number of sulfone groups is 1. The van der Waals surface area contributed by atoms with Crippen LogP contribution in [-0.4, -0.2) is 86.9 Å². The number of nitrogens with one attached hydrogen (secondary N) is 1. The summed E-state index contributed by atoms with van der Waals surface area (Å²) in [5, 5.41) is 4.18. The lowest BCUT2D eigenvalue weighted by atomic mass is 9.88. The number of carbonyl (C=O) groups is 2. The van der Waals surface area contributed by atoms with Gasteiger partial charge in [-0.15, -0.1) is 0 Å². The van der Waals surface area contributed by atoms with Crippen molar-refractivity contribution < 1.29 is 26.4 Å². The molecule has 0 atom stereocenters. The first-order valence-electron chi connectivity index (χ1n) is 13.7. The Hall–Kier alpha value is -2.57. The van der Waals surface area contributed by atoms with E-state index in [2.05, 4.69) is 5.32 Å². The molecular weight excluding hydrogens is 540 g/mol. The van der Waals surface area contributed by atoms with Crippen molar-refractivity contribution in [3.63, 3.8) is 0 Å². The molecule has 1 N–H and O–H groups in total. The topological polar surface area (TPSA) is 133 Å². The molecule has 1 aromatic rings. The average molecular weight is 577 g/mol. The predicted octanol–water partition coefficient (Wildman–Crippen LogP) is 2.11. The molecule has 0 aromatic heterocycles. The fourth-order valence-corrected chi connectivity index (χ4v) is 8.28. The molecule has 212 valence electrons. The summed E-state index contributed by atoms with van der Waals surface area (Å²) >= 11 is 0. The number of nitrogens with zero attached hydrogens (tertiary/aromatic N) is 3. The third-order valence-corrected chi connectivity index (χ3v) is 11.6. The number of hydrogen-bond acceptors (Lipinski definition) is 7. The molecule has 39 heavy (non-hydrogen) atoms. The van der Waals surface area contributed by atoms with Crippen LogP contribution in [0.1, 0.15) is 66.4 Å². The number of amidine groups is 1. The van der Waals surface area contributed by atoms with Crippen LogP contribution in [0.25, 0.3) is 6.08 Å². The van der Waals surface area contributed by atoms with E-state index < -0.39 is 25.4 Å². The predicted molar refractivity (Wildman–Crippen MR) is 149 cm³/mol. The van der Waals surface area contributed by atoms with Crippen LogP contribution in [0.15, 0.2) is 28.6 Å². The summed E-state index contributed by atoms with van der Waals surface area (Å²) in [7, 11) is -6.79. The van der Waals surface area contributed by atoms with Crippen molar-refractivity contribution in [2.24, 2.45) is 10.9 Å². The van der Waals surface area contributed by atoms with Gasteiger partial charge in [-0.2, -0.15) is 4.31 Å². The van der Waals surface area contributed by atoms with Crippen molar-refractivity contribution in [3.05, 3.63) is 40.3 Å². The lowest BCUT2D eigenvalue weighted by Gasteiger charge is -2.34.